The van der Waals surface area contributed by atoms with Crippen molar-refractivity contribution in [3.63, 3.8) is 0 Å². The zero-order chi connectivity index (χ0) is 19.4. The van der Waals surface area contributed by atoms with Crippen LogP contribution in [0.15, 0.2) is 59.9 Å². The number of sulfonamides is 1. The van der Waals surface area contributed by atoms with E-state index >= 15 is 0 Å². The summed E-state index contributed by atoms with van der Waals surface area (Å²) in [6.45, 7) is 0.151. The third-order valence-electron chi connectivity index (χ3n) is 3.79. The number of halogens is 1. The molecule has 0 saturated carbocycles. The second-order valence-corrected chi connectivity index (χ2v) is 7.79. The van der Waals surface area contributed by atoms with Crippen LogP contribution in [-0.4, -0.2) is 36.1 Å². The van der Waals surface area contributed by atoms with Gasteiger partial charge in [-0.2, -0.15) is 5.10 Å². The molecule has 0 saturated heterocycles. The molecule has 0 spiro atoms. The fraction of sp³-hybridized carbons (Fsp3) is 0.118. The van der Waals surface area contributed by atoms with Crippen molar-refractivity contribution in [3.8, 4) is 5.82 Å². The minimum atomic E-state index is -3.57. The van der Waals surface area contributed by atoms with Crippen molar-refractivity contribution in [2.75, 3.05) is 7.05 Å². The molecule has 0 bridgehead atoms. The molecule has 2 N–H and O–H groups in total. The topological polar surface area (TPSA) is 106 Å². The van der Waals surface area contributed by atoms with E-state index < -0.39 is 10.0 Å². The van der Waals surface area contributed by atoms with Gasteiger partial charge < -0.3 is 5.32 Å². The number of pyridine rings is 1. The predicted molar refractivity (Wildman–Crippen MR) is 100 cm³/mol. The van der Waals surface area contributed by atoms with Crippen LogP contribution < -0.4 is 10.0 Å². The van der Waals surface area contributed by atoms with Crippen molar-refractivity contribution < 1.29 is 13.2 Å². The van der Waals surface area contributed by atoms with Gasteiger partial charge in [0.25, 0.3) is 5.91 Å². The molecule has 10 heteroatoms. The number of hydrogen-bond donors (Lipinski definition) is 2. The minimum Gasteiger partial charge on any atom is -0.348 e. The van der Waals surface area contributed by atoms with Crippen molar-refractivity contribution in [2.45, 2.75) is 11.4 Å². The van der Waals surface area contributed by atoms with E-state index in [2.05, 4.69) is 20.1 Å². The maximum absolute atomic E-state index is 12.3. The summed E-state index contributed by atoms with van der Waals surface area (Å²) >= 11 is 6.13. The summed E-state index contributed by atoms with van der Waals surface area (Å²) in [7, 11) is -2.25. The molecule has 0 aliphatic rings. The minimum absolute atomic E-state index is 0.0588. The highest BCUT2D eigenvalue weighted by atomic mass is 35.5. The molecular formula is C17H16ClN5O3S. The van der Waals surface area contributed by atoms with Gasteiger partial charge in [0, 0.05) is 30.2 Å². The normalized spacial score (nSPS) is 11.3. The first-order valence-corrected chi connectivity index (χ1v) is 9.73. The van der Waals surface area contributed by atoms with E-state index in [1.807, 2.05) is 0 Å². The molecule has 3 aromatic rings. The van der Waals surface area contributed by atoms with Crippen LogP contribution in [0.1, 0.15) is 15.9 Å². The van der Waals surface area contributed by atoms with Gasteiger partial charge in [0.1, 0.15) is 0 Å². The third-order valence-corrected chi connectivity index (χ3v) is 5.56. The number of aromatic nitrogens is 3. The Morgan fingerprint density at radius 1 is 1.26 bits per heavy atom. The monoisotopic (exact) mass is 405 g/mol. The van der Waals surface area contributed by atoms with Gasteiger partial charge in [0.2, 0.25) is 10.0 Å². The summed E-state index contributed by atoms with van der Waals surface area (Å²) < 4.78 is 27.4. The van der Waals surface area contributed by atoms with Gasteiger partial charge in [0.05, 0.1) is 10.5 Å². The lowest BCUT2D eigenvalue weighted by atomic mass is 10.2. The average Bonchev–Trinajstić information content (AvgIpc) is 3.21. The van der Waals surface area contributed by atoms with Crippen molar-refractivity contribution in [1.29, 1.82) is 0 Å². The van der Waals surface area contributed by atoms with Crippen LogP contribution in [0.4, 0.5) is 0 Å². The van der Waals surface area contributed by atoms with Crippen molar-refractivity contribution in [1.82, 2.24) is 24.8 Å². The van der Waals surface area contributed by atoms with Crippen LogP contribution in [0.5, 0.6) is 0 Å². The van der Waals surface area contributed by atoms with E-state index in [0.29, 0.717) is 16.9 Å². The standard InChI is InChI=1S/C17H16ClN5O3S/c1-19-27(25,26)14-5-3-12(15(18)9-14)10-21-17(24)13-4-6-16(20-11-13)23-8-2-7-22-23/h2-9,11,19H,10H2,1H3,(H,21,24). The molecule has 27 heavy (non-hydrogen) atoms. The smallest absolute Gasteiger partial charge is 0.253 e. The average molecular weight is 406 g/mol. The first-order valence-electron chi connectivity index (χ1n) is 7.87. The largest absolute Gasteiger partial charge is 0.348 e. The Balaban J connectivity index is 1.67. The molecule has 3 rings (SSSR count). The first-order chi connectivity index (χ1) is 12.9. The molecule has 0 aliphatic carbocycles. The molecule has 1 aromatic carbocycles. The Bertz CT molecular complexity index is 1050. The molecule has 0 aliphatic heterocycles. The van der Waals surface area contributed by atoms with Crippen LogP contribution in [0.3, 0.4) is 0 Å². The third kappa shape index (κ3) is 4.33. The molecule has 1 amide bonds. The Labute approximate surface area is 161 Å². The van der Waals surface area contributed by atoms with Crippen LogP contribution >= 0.6 is 11.6 Å². The van der Waals surface area contributed by atoms with E-state index in [9.17, 15) is 13.2 Å². The summed E-state index contributed by atoms with van der Waals surface area (Å²) in [5, 5.41) is 7.05. The highest BCUT2D eigenvalue weighted by Gasteiger charge is 2.14. The zero-order valence-corrected chi connectivity index (χ0v) is 15.8. The number of amides is 1. The Kier molecular flexibility index (Phi) is 5.54. The second-order valence-electron chi connectivity index (χ2n) is 5.50. The number of benzene rings is 1. The van der Waals surface area contributed by atoms with Crippen LogP contribution in [0.2, 0.25) is 5.02 Å². The summed E-state index contributed by atoms with van der Waals surface area (Å²) in [4.78, 5) is 16.5. The van der Waals surface area contributed by atoms with E-state index in [-0.39, 0.29) is 22.4 Å². The summed E-state index contributed by atoms with van der Waals surface area (Å²) in [6.07, 6.45) is 4.84. The number of rotatable bonds is 6. The van der Waals surface area contributed by atoms with Gasteiger partial charge in [-0.15, -0.1) is 0 Å². The molecule has 0 fully saturated rings. The van der Waals surface area contributed by atoms with E-state index in [4.69, 9.17) is 11.6 Å². The maximum Gasteiger partial charge on any atom is 0.253 e. The van der Waals surface area contributed by atoms with Crippen LogP contribution in [0.25, 0.3) is 5.82 Å². The predicted octanol–water partition coefficient (Wildman–Crippen LogP) is 1.76. The van der Waals surface area contributed by atoms with Gasteiger partial charge in [0.15, 0.2) is 5.82 Å². The fourth-order valence-electron chi connectivity index (χ4n) is 2.29. The number of carbonyl (C=O) groups excluding carboxylic acids is 1. The van der Waals surface area contributed by atoms with Crippen molar-refractivity contribution in [2.24, 2.45) is 0 Å². The molecule has 0 radical (unpaired) electrons. The lowest BCUT2D eigenvalue weighted by Crippen LogP contribution is -2.23. The Morgan fingerprint density at radius 3 is 2.67 bits per heavy atom. The zero-order valence-electron chi connectivity index (χ0n) is 14.3. The molecule has 140 valence electrons. The summed E-state index contributed by atoms with van der Waals surface area (Å²) in [6, 6.07) is 9.44. The number of hydrogen-bond acceptors (Lipinski definition) is 5. The summed E-state index contributed by atoms with van der Waals surface area (Å²) in [5.41, 5.74) is 0.984. The number of nitrogens with zero attached hydrogens (tertiary/aromatic N) is 3. The Hall–Kier alpha value is -2.75. The van der Waals surface area contributed by atoms with E-state index in [1.54, 1.807) is 41.3 Å². The van der Waals surface area contributed by atoms with E-state index in [1.165, 1.54) is 25.4 Å². The van der Waals surface area contributed by atoms with Crippen molar-refractivity contribution in [3.05, 3.63) is 71.1 Å². The van der Waals surface area contributed by atoms with Gasteiger partial charge in [-0.25, -0.2) is 22.8 Å². The molecular weight excluding hydrogens is 390 g/mol. The molecule has 2 heterocycles. The Morgan fingerprint density at radius 2 is 2.07 bits per heavy atom. The van der Waals surface area contributed by atoms with Crippen LogP contribution in [-0.2, 0) is 16.6 Å². The van der Waals surface area contributed by atoms with E-state index in [0.717, 1.165) is 0 Å². The second kappa shape index (κ2) is 7.87. The van der Waals surface area contributed by atoms with Gasteiger partial charge >= 0.3 is 0 Å². The van der Waals surface area contributed by atoms with Crippen LogP contribution in [0, 0.1) is 0 Å². The van der Waals surface area contributed by atoms with Crippen molar-refractivity contribution >= 4 is 27.5 Å². The number of nitrogens with one attached hydrogen (secondary N) is 2. The SMILES string of the molecule is CNS(=O)(=O)c1ccc(CNC(=O)c2ccc(-n3cccn3)nc2)c(Cl)c1. The lowest BCUT2D eigenvalue weighted by molar-refractivity contribution is 0.0950. The summed E-state index contributed by atoms with van der Waals surface area (Å²) in [5.74, 6) is 0.276. The van der Waals surface area contributed by atoms with Gasteiger partial charge in [-0.1, -0.05) is 17.7 Å². The molecule has 2 aromatic heterocycles. The highest BCUT2D eigenvalue weighted by Crippen LogP contribution is 2.20. The molecule has 0 unspecified atom stereocenters. The lowest BCUT2D eigenvalue weighted by Gasteiger charge is -2.09. The van der Waals surface area contributed by atoms with Gasteiger partial charge in [-0.05, 0) is 42.9 Å². The number of carbonyl (C=O) groups is 1. The van der Waals surface area contributed by atoms with Gasteiger partial charge in [-0.3, -0.25) is 4.79 Å². The quantitative estimate of drug-likeness (QED) is 0.650. The molecule has 8 nitrogen and oxygen atoms in total. The highest BCUT2D eigenvalue weighted by molar-refractivity contribution is 7.89. The first kappa shape index (κ1) is 19.0. The maximum atomic E-state index is 12.3. The molecule has 0 atom stereocenters. The fourth-order valence-corrected chi connectivity index (χ4v) is 3.36.